The number of hydrogen-bond donors (Lipinski definition) is 1. The summed E-state index contributed by atoms with van der Waals surface area (Å²) in [6.45, 7) is 0.618. The maximum atomic E-state index is 14.4. The van der Waals surface area contributed by atoms with Crippen molar-refractivity contribution in [1.29, 1.82) is 0 Å². The van der Waals surface area contributed by atoms with Gasteiger partial charge in [0.05, 0.1) is 17.5 Å². The molecule has 33 heavy (non-hydrogen) atoms. The Bertz CT molecular complexity index is 1220. The van der Waals surface area contributed by atoms with E-state index in [0.717, 1.165) is 10.4 Å². The molecule has 0 radical (unpaired) electrons. The second-order valence-electron chi connectivity index (χ2n) is 7.27. The number of sulfonamides is 1. The molecule has 0 saturated heterocycles. The molecular weight excluding hydrogens is 493 g/mol. The first kappa shape index (κ1) is 25.1. The Balaban J connectivity index is 1.88. The summed E-state index contributed by atoms with van der Waals surface area (Å²) < 4.78 is 55.0. The number of halogens is 4. The Hall–Kier alpha value is -2.52. The van der Waals surface area contributed by atoms with Gasteiger partial charge in [-0.2, -0.15) is 4.31 Å². The molecule has 0 fully saturated rings. The van der Waals surface area contributed by atoms with Crippen molar-refractivity contribution >= 4 is 39.1 Å². The first-order valence-corrected chi connectivity index (χ1v) is 12.0. The van der Waals surface area contributed by atoms with Crippen molar-refractivity contribution in [1.82, 2.24) is 9.62 Å². The zero-order valence-corrected chi connectivity index (χ0v) is 19.8. The van der Waals surface area contributed by atoms with Crippen molar-refractivity contribution in [2.45, 2.75) is 24.4 Å². The Morgan fingerprint density at radius 2 is 1.64 bits per heavy atom. The fraction of sp³-hybridized carbons (Fsp3) is 0.174. The highest BCUT2D eigenvalue weighted by Gasteiger charge is 2.29. The smallest absolute Gasteiger partial charge is 0.243 e. The number of nitrogens with zero attached hydrogens (tertiary/aromatic N) is 1. The van der Waals surface area contributed by atoms with Gasteiger partial charge in [-0.15, -0.1) is 0 Å². The lowest BCUT2D eigenvalue weighted by atomic mass is 10.1. The number of benzene rings is 3. The molecule has 3 rings (SSSR count). The number of nitrogens with one attached hydrogen (secondary N) is 1. The standard InChI is InChI=1S/C23H20Cl2F2N2O3S/c1-15(16-5-9-18(26)10-6-16)28-23(30)14-29(13-20-21(25)3-2-4-22(20)27)33(31,32)19-11-7-17(24)8-12-19/h2-12,15H,13-14H2,1H3,(H,28,30)/t15-/m1/s1. The van der Waals surface area contributed by atoms with E-state index in [2.05, 4.69) is 5.32 Å². The molecule has 0 heterocycles. The van der Waals surface area contributed by atoms with Gasteiger partial charge in [-0.25, -0.2) is 17.2 Å². The number of amides is 1. The van der Waals surface area contributed by atoms with Crippen LogP contribution in [0.25, 0.3) is 0 Å². The largest absolute Gasteiger partial charge is 0.348 e. The molecule has 0 saturated carbocycles. The van der Waals surface area contributed by atoms with Crippen molar-refractivity contribution < 1.29 is 22.0 Å². The molecule has 3 aromatic rings. The van der Waals surface area contributed by atoms with Gasteiger partial charge in [0.15, 0.2) is 0 Å². The highest BCUT2D eigenvalue weighted by molar-refractivity contribution is 7.89. The summed E-state index contributed by atoms with van der Waals surface area (Å²) in [6.07, 6.45) is 0. The van der Waals surface area contributed by atoms with Gasteiger partial charge in [-0.3, -0.25) is 4.79 Å². The molecule has 0 aliphatic rings. The molecule has 1 amide bonds. The minimum atomic E-state index is -4.21. The third kappa shape index (κ3) is 6.29. The van der Waals surface area contributed by atoms with Crippen molar-refractivity contribution in [3.05, 3.63) is 99.5 Å². The van der Waals surface area contributed by atoms with Crippen LogP contribution in [-0.2, 0) is 21.4 Å². The third-order valence-electron chi connectivity index (χ3n) is 4.92. The minimum Gasteiger partial charge on any atom is -0.348 e. The maximum Gasteiger partial charge on any atom is 0.243 e. The quantitative estimate of drug-likeness (QED) is 0.442. The van der Waals surface area contributed by atoms with Gasteiger partial charge >= 0.3 is 0 Å². The van der Waals surface area contributed by atoms with Crippen molar-refractivity contribution in [2.24, 2.45) is 0 Å². The van der Waals surface area contributed by atoms with Gasteiger partial charge < -0.3 is 5.32 Å². The molecule has 0 unspecified atom stereocenters. The Labute approximate surface area is 201 Å². The van der Waals surface area contributed by atoms with Crippen LogP contribution in [0.2, 0.25) is 10.0 Å². The van der Waals surface area contributed by atoms with Crippen LogP contribution in [-0.4, -0.2) is 25.2 Å². The van der Waals surface area contributed by atoms with E-state index >= 15 is 0 Å². The fourth-order valence-corrected chi connectivity index (χ4v) is 4.84. The molecule has 174 valence electrons. The monoisotopic (exact) mass is 512 g/mol. The zero-order chi connectivity index (χ0) is 24.2. The predicted molar refractivity (Wildman–Crippen MR) is 123 cm³/mol. The summed E-state index contributed by atoms with van der Waals surface area (Å²) in [6, 6.07) is 14.4. The molecule has 1 atom stereocenters. The second kappa shape index (κ2) is 10.6. The van der Waals surface area contributed by atoms with Crippen LogP contribution in [0.1, 0.15) is 24.1 Å². The summed E-state index contributed by atoms with van der Waals surface area (Å²) in [4.78, 5) is 12.6. The van der Waals surface area contributed by atoms with E-state index in [1.165, 1.54) is 60.7 Å². The van der Waals surface area contributed by atoms with E-state index in [4.69, 9.17) is 23.2 Å². The van der Waals surface area contributed by atoms with Gasteiger partial charge in [-0.05, 0) is 61.0 Å². The predicted octanol–water partition coefficient (Wildman–Crippen LogP) is 5.34. The van der Waals surface area contributed by atoms with E-state index in [-0.39, 0.29) is 15.5 Å². The SMILES string of the molecule is C[C@@H](NC(=O)CN(Cc1c(F)cccc1Cl)S(=O)(=O)c1ccc(Cl)cc1)c1ccc(F)cc1. The van der Waals surface area contributed by atoms with Crippen LogP contribution in [0, 0.1) is 11.6 Å². The van der Waals surface area contributed by atoms with E-state index < -0.39 is 46.7 Å². The molecule has 0 aliphatic heterocycles. The normalized spacial score (nSPS) is 12.5. The highest BCUT2D eigenvalue weighted by Crippen LogP contribution is 2.25. The molecule has 0 aromatic heterocycles. The lowest BCUT2D eigenvalue weighted by molar-refractivity contribution is -0.122. The molecular formula is C23H20Cl2F2N2O3S. The summed E-state index contributed by atoms with van der Waals surface area (Å²) in [7, 11) is -4.21. The third-order valence-corrected chi connectivity index (χ3v) is 7.33. The average molecular weight is 513 g/mol. The van der Waals surface area contributed by atoms with E-state index in [1.54, 1.807) is 6.92 Å². The van der Waals surface area contributed by atoms with Crippen LogP contribution in [0.4, 0.5) is 8.78 Å². The topological polar surface area (TPSA) is 66.5 Å². The summed E-state index contributed by atoms with van der Waals surface area (Å²) in [5.74, 6) is -1.74. The Morgan fingerprint density at radius 1 is 1.00 bits per heavy atom. The molecule has 0 spiro atoms. The maximum absolute atomic E-state index is 14.4. The van der Waals surface area contributed by atoms with Gasteiger partial charge in [0.25, 0.3) is 0 Å². The summed E-state index contributed by atoms with van der Waals surface area (Å²) >= 11 is 12.0. The van der Waals surface area contributed by atoms with E-state index in [9.17, 15) is 22.0 Å². The molecule has 0 aliphatic carbocycles. The van der Waals surface area contributed by atoms with E-state index in [0.29, 0.717) is 10.6 Å². The highest BCUT2D eigenvalue weighted by atomic mass is 35.5. The molecule has 10 heteroatoms. The first-order chi connectivity index (χ1) is 15.6. The van der Waals surface area contributed by atoms with Crippen LogP contribution >= 0.6 is 23.2 Å². The Morgan fingerprint density at radius 3 is 2.24 bits per heavy atom. The Kier molecular flexibility index (Phi) is 8.07. The van der Waals surface area contributed by atoms with Crippen LogP contribution in [0.15, 0.2) is 71.6 Å². The number of carbonyl (C=O) groups is 1. The van der Waals surface area contributed by atoms with Crippen molar-refractivity contribution in [2.75, 3.05) is 6.54 Å². The molecule has 5 nitrogen and oxygen atoms in total. The lowest BCUT2D eigenvalue weighted by Crippen LogP contribution is -2.41. The van der Waals surface area contributed by atoms with Crippen LogP contribution in [0.3, 0.4) is 0 Å². The van der Waals surface area contributed by atoms with Crippen LogP contribution in [0.5, 0.6) is 0 Å². The average Bonchev–Trinajstić information content (AvgIpc) is 2.76. The zero-order valence-electron chi connectivity index (χ0n) is 17.4. The molecule has 0 bridgehead atoms. The lowest BCUT2D eigenvalue weighted by Gasteiger charge is -2.24. The van der Waals surface area contributed by atoms with E-state index in [1.807, 2.05) is 0 Å². The van der Waals surface area contributed by atoms with Crippen molar-refractivity contribution in [3.8, 4) is 0 Å². The minimum absolute atomic E-state index is 0.0337. The van der Waals surface area contributed by atoms with Gasteiger partial charge in [-0.1, -0.05) is 41.4 Å². The number of carbonyl (C=O) groups excluding carboxylic acids is 1. The molecule has 3 aromatic carbocycles. The number of rotatable bonds is 8. The van der Waals surface area contributed by atoms with Gasteiger partial charge in [0.1, 0.15) is 11.6 Å². The van der Waals surface area contributed by atoms with Gasteiger partial charge in [0.2, 0.25) is 15.9 Å². The first-order valence-electron chi connectivity index (χ1n) is 9.81. The summed E-state index contributed by atoms with van der Waals surface area (Å²) in [5.41, 5.74) is 0.574. The molecule has 1 N–H and O–H groups in total. The van der Waals surface area contributed by atoms with Gasteiger partial charge in [0, 0.05) is 22.2 Å². The fourth-order valence-electron chi connectivity index (χ4n) is 3.12. The second-order valence-corrected chi connectivity index (χ2v) is 10.0. The van der Waals surface area contributed by atoms with Crippen LogP contribution < -0.4 is 5.32 Å². The van der Waals surface area contributed by atoms with Crippen molar-refractivity contribution in [3.63, 3.8) is 0 Å². The summed E-state index contributed by atoms with van der Waals surface area (Å²) in [5, 5.41) is 3.05. The number of hydrogen-bond acceptors (Lipinski definition) is 3.